The molecule has 0 radical (unpaired) electrons. The van der Waals surface area contributed by atoms with E-state index in [4.69, 9.17) is 0 Å². The monoisotopic (exact) mass is 352 g/mol. The lowest BCUT2D eigenvalue weighted by Gasteiger charge is -2.28. The molecule has 3 rings (SSSR count). The van der Waals surface area contributed by atoms with Crippen LogP contribution in [0.1, 0.15) is 29.6 Å². The van der Waals surface area contributed by atoms with Crippen molar-refractivity contribution in [3.05, 3.63) is 66.0 Å². The molecule has 1 aliphatic heterocycles. The van der Waals surface area contributed by atoms with Gasteiger partial charge in [-0.05, 0) is 43.1 Å². The van der Waals surface area contributed by atoms with E-state index in [9.17, 15) is 4.79 Å². The Morgan fingerprint density at radius 3 is 2.69 bits per heavy atom. The van der Waals surface area contributed by atoms with Crippen LogP contribution in [0.4, 0.5) is 0 Å². The van der Waals surface area contributed by atoms with Crippen molar-refractivity contribution >= 4 is 5.91 Å². The molecule has 0 spiro atoms. The SMILES string of the molecule is CN(C)C(=O)[C@@H](NC[C@@H]1CCN(C)[C@H]1c1cccnc1)c1ccccc1. The number of carbonyl (C=O) groups is 1. The summed E-state index contributed by atoms with van der Waals surface area (Å²) in [4.78, 5) is 21.0. The van der Waals surface area contributed by atoms with Gasteiger partial charge in [0.05, 0.1) is 0 Å². The van der Waals surface area contributed by atoms with Gasteiger partial charge < -0.3 is 10.2 Å². The number of nitrogens with one attached hydrogen (secondary N) is 1. The molecule has 1 amide bonds. The molecular formula is C21H28N4O. The number of amides is 1. The summed E-state index contributed by atoms with van der Waals surface area (Å²) in [6.45, 7) is 1.85. The lowest BCUT2D eigenvalue weighted by atomic mass is 9.94. The van der Waals surface area contributed by atoms with Crippen LogP contribution in [-0.2, 0) is 4.79 Å². The van der Waals surface area contributed by atoms with E-state index in [-0.39, 0.29) is 11.9 Å². The molecule has 2 aromatic rings. The zero-order valence-corrected chi connectivity index (χ0v) is 15.8. The predicted octanol–water partition coefficient (Wildman–Crippen LogP) is 2.49. The maximum Gasteiger partial charge on any atom is 0.243 e. The number of likely N-dealkylation sites (tertiary alicyclic amines) is 1. The standard InChI is InChI=1S/C21H28N4O/c1-24(2)21(26)19(16-8-5-4-6-9-16)23-15-18-11-13-25(3)20(18)17-10-7-12-22-14-17/h4-10,12,14,18-20,23H,11,13,15H2,1-3H3/t18-,19-,20-/m0/s1. The van der Waals surface area contributed by atoms with Crippen LogP contribution < -0.4 is 5.32 Å². The smallest absolute Gasteiger partial charge is 0.243 e. The third kappa shape index (κ3) is 4.11. The maximum atomic E-state index is 12.7. The van der Waals surface area contributed by atoms with Crippen molar-refractivity contribution in [2.24, 2.45) is 5.92 Å². The minimum absolute atomic E-state index is 0.0838. The maximum absolute atomic E-state index is 12.7. The molecule has 0 unspecified atom stereocenters. The van der Waals surface area contributed by atoms with Gasteiger partial charge in [0, 0.05) is 39.1 Å². The highest BCUT2D eigenvalue weighted by atomic mass is 16.2. The summed E-state index contributed by atoms with van der Waals surface area (Å²) in [7, 11) is 5.78. The van der Waals surface area contributed by atoms with Crippen molar-refractivity contribution in [2.75, 3.05) is 34.2 Å². The number of carbonyl (C=O) groups excluding carboxylic acids is 1. The number of hydrogen-bond donors (Lipinski definition) is 1. The lowest BCUT2D eigenvalue weighted by Crippen LogP contribution is -2.39. The van der Waals surface area contributed by atoms with Gasteiger partial charge in [-0.1, -0.05) is 36.4 Å². The topological polar surface area (TPSA) is 48.5 Å². The number of nitrogens with zero attached hydrogens (tertiary/aromatic N) is 3. The second kappa shape index (κ2) is 8.43. The highest BCUT2D eigenvalue weighted by Crippen LogP contribution is 2.35. The molecule has 1 aromatic carbocycles. The molecule has 1 aliphatic rings. The Morgan fingerprint density at radius 1 is 1.27 bits per heavy atom. The molecule has 1 N–H and O–H groups in total. The van der Waals surface area contributed by atoms with E-state index >= 15 is 0 Å². The first-order valence-corrected chi connectivity index (χ1v) is 9.17. The lowest BCUT2D eigenvalue weighted by molar-refractivity contribution is -0.131. The predicted molar refractivity (Wildman–Crippen MR) is 104 cm³/mol. The minimum Gasteiger partial charge on any atom is -0.347 e. The highest BCUT2D eigenvalue weighted by molar-refractivity contribution is 5.82. The van der Waals surface area contributed by atoms with E-state index in [1.807, 2.05) is 62.9 Å². The van der Waals surface area contributed by atoms with Crippen LogP contribution in [0.2, 0.25) is 0 Å². The average molecular weight is 352 g/mol. The molecule has 2 heterocycles. The van der Waals surface area contributed by atoms with Crippen LogP contribution >= 0.6 is 0 Å². The molecule has 138 valence electrons. The quantitative estimate of drug-likeness (QED) is 0.868. The zero-order valence-electron chi connectivity index (χ0n) is 15.8. The van der Waals surface area contributed by atoms with Crippen LogP contribution in [0, 0.1) is 5.92 Å². The molecule has 0 bridgehead atoms. The van der Waals surface area contributed by atoms with E-state index in [0.29, 0.717) is 12.0 Å². The second-order valence-corrected chi connectivity index (χ2v) is 7.25. The van der Waals surface area contributed by atoms with Crippen molar-refractivity contribution in [1.82, 2.24) is 20.1 Å². The molecule has 26 heavy (non-hydrogen) atoms. The Kier molecular flexibility index (Phi) is 6.01. The summed E-state index contributed by atoms with van der Waals surface area (Å²) >= 11 is 0. The number of benzene rings is 1. The highest BCUT2D eigenvalue weighted by Gasteiger charge is 2.34. The van der Waals surface area contributed by atoms with Crippen molar-refractivity contribution in [3.63, 3.8) is 0 Å². The van der Waals surface area contributed by atoms with E-state index in [1.165, 1.54) is 5.56 Å². The molecule has 1 fully saturated rings. The van der Waals surface area contributed by atoms with Crippen molar-refractivity contribution in [3.8, 4) is 0 Å². The fourth-order valence-electron chi connectivity index (χ4n) is 3.84. The summed E-state index contributed by atoms with van der Waals surface area (Å²) in [5.41, 5.74) is 2.25. The van der Waals surface area contributed by atoms with Crippen molar-refractivity contribution in [1.29, 1.82) is 0 Å². The third-order valence-corrected chi connectivity index (χ3v) is 5.20. The molecular weight excluding hydrogens is 324 g/mol. The van der Waals surface area contributed by atoms with E-state index in [0.717, 1.165) is 25.1 Å². The van der Waals surface area contributed by atoms with Crippen LogP contribution in [0.15, 0.2) is 54.9 Å². The van der Waals surface area contributed by atoms with Gasteiger partial charge in [-0.3, -0.25) is 14.7 Å². The molecule has 3 atom stereocenters. The largest absolute Gasteiger partial charge is 0.347 e. The Bertz CT molecular complexity index is 704. The summed E-state index contributed by atoms with van der Waals surface area (Å²) in [6.07, 6.45) is 4.88. The Morgan fingerprint density at radius 2 is 2.04 bits per heavy atom. The van der Waals surface area contributed by atoms with Crippen LogP contribution in [0.25, 0.3) is 0 Å². The molecule has 0 aliphatic carbocycles. The van der Waals surface area contributed by atoms with Gasteiger partial charge in [-0.25, -0.2) is 0 Å². The van der Waals surface area contributed by atoms with Gasteiger partial charge in [0.15, 0.2) is 0 Å². The van der Waals surface area contributed by atoms with Gasteiger partial charge in [0.25, 0.3) is 0 Å². The number of aromatic nitrogens is 1. The van der Waals surface area contributed by atoms with Gasteiger partial charge in [-0.15, -0.1) is 0 Å². The molecule has 0 saturated carbocycles. The fraction of sp³-hybridized carbons (Fsp3) is 0.429. The van der Waals surface area contributed by atoms with Crippen LogP contribution in [-0.4, -0.2) is 54.9 Å². The Hall–Kier alpha value is -2.24. The zero-order chi connectivity index (χ0) is 18.5. The minimum atomic E-state index is -0.313. The molecule has 1 saturated heterocycles. The molecule has 1 aromatic heterocycles. The number of rotatable bonds is 6. The van der Waals surface area contributed by atoms with E-state index in [1.54, 1.807) is 4.90 Å². The van der Waals surface area contributed by atoms with Gasteiger partial charge in [0.1, 0.15) is 6.04 Å². The third-order valence-electron chi connectivity index (χ3n) is 5.20. The summed E-state index contributed by atoms with van der Waals surface area (Å²) in [5.74, 6) is 0.533. The van der Waals surface area contributed by atoms with E-state index < -0.39 is 0 Å². The average Bonchev–Trinajstić information content (AvgIpc) is 3.03. The number of likely N-dealkylation sites (N-methyl/N-ethyl adjacent to an activating group) is 1. The first-order valence-electron chi connectivity index (χ1n) is 9.17. The molecule has 5 heteroatoms. The molecule has 5 nitrogen and oxygen atoms in total. The Balaban J connectivity index is 1.75. The van der Waals surface area contributed by atoms with Gasteiger partial charge in [-0.2, -0.15) is 0 Å². The Labute approximate surface area is 156 Å². The van der Waals surface area contributed by atoms with Gasteiger partial charge >= 0.3 is 0 Å². The van der Waals surface area contributed by atoms with Crippen molar-refractivity contribution < 1.29 is 4.79 Å². The first-order chi connectivity index (χ1) is 12.6. The fourth-order valence-corrected chi connectivity index (χ4v) is 3.84. The van der Waals surface area contributed by atoms with Gasteiger partial charge in [0.2, 0.25) is 5.91 Å². The number of pyridine rings is 1. The summed E-state index contributed by atoms with van der Waals surface area (Å²) < 4.78 is 0. The normalized spacial score (nSPS) is 21.5. The summed E-state index contributed by atoms with van der Waals surface area (Å²) in [5, 5.41) is 3.54. The van der Waals surface area contributed by atoms with E-state index in [2.05, 4.69) is 28.3 Å². The van der Waals surface area contributed by atoms with Crippen LogP contribution in [0.3, 0.4) is 0 Å². The number of hydrogen-bond acceptors (Lipinski definition) is 4. The summed E-state index contributed by atoms with van der Waals surface area (Å²) in [6, 6.07) is 14.1. The van der Waals surface area contributed by atoms with Crippen LogP contribution in [0.5, 0.6) is 0 Å². The van der Waals surface area contributed by atoms with Crippen molar-refractivity contribution in [2.45, 2.75) is 18.5 Å². The second-order valence-electron chi connectivity index (χ2n) is 7.25. The first kappa shape index (κ1) is 18.5.